The van der Waals surface area contributed by atoms with E-state index in [1.54, 1.807) is 6.20 Å². The minimum Gasteiger partial charge on any atom is -0.370 e. The molecule has 0 unspecified atom stereocenters. The summed E-state index contributed by atoms with van der Waals surface area (Å²) in [5.74, 6) is 0.487. The van der Waals surface area contributed by atoms with Gasteiger partial charge in [-0.25, -0.2) is 0 Å². The Kier molecular flexibility index (Phi) is 8.18. The largest absolute Gasteiger partial charge is 0.370 e. The number of hydrogen-bond acceptors (Lipinski definition) is 2. The summed E-state index contributed by atoms with van der Waals surface area (Å²) in [6, 6.07) is 14.5. The van der Waals surface area contributed by atoms with Gasteiger partial charge in [0.15, 0.2) is 5.96 Å². The van der Waals surface area contributed by atoms with E-state index < -0.39 is 0 Å². The smallest absolute Gasteiger partial charge is 0.188 e. The predicted molar refractivity (Wildman–Crippen MR) is 112 cm³/mol. The van der Waals surface area contributed by atoms with Crippen LogP contribution in [-0.4, -0.2) is 24.0 Å². The maximum atomic E-state index is 5.97. The lowest BCUT2D eigenvalue weighted by atomic mass is 9.84. The number of nitrogens with two attached hydrogens (primary N) is 1. The third kappa shape index (κ3) is 6.47. The van der Waals surface area contributed by atoms with Crippen LogP contribution in [0.25, 0.3) is 0 Å². The van der Waals surface area contributed by atoms with E-state index in [0.717, 1.165) is 18.7 Å². The highest BCUT2D eigenvalue weighted by Gasteiger charge is 2.19. The Labute approximate surface area is 162 Å². The van der Waals surface area contributed by atoms with E-state index in [0.29, 0.717) is 12.5 Å². The van der Waals surface area contributed by atoms with Crippen LogP contribution >= 0.6 is 24.0 Å². The Morgan fingerprint density at radius 2 is 1.88 bits per heavy atom. The fraction of sp³-hybridized carbons (Fsp3) is 0.368. The second kappa shape index (κ2) is 9.61. The molecular formula is C19H27IN4. The Balaban J connectivity index is 0.00000288. The van der Waals surface area contributed by atoms with E-state index >= 15 is 0 Å². The lowest BCUT2D eigenvalue weighted by molar-refractivity contribution is 0.538. The normalized spacial score (nSPS) is 11.7. The summed E-state index contributed by atoms with van der Waals surface area (Å²) < 4.78 is 0. The quantitative estimate of drug-likeness (QED) is 0.413. The van der Waals surface area contributed by atoms with Crippen LogP contribution in [0.3, 0.4) is 0 Å². The molecule has 0 aliphatic carbocycles. The van der Waals surface area contributed by atoms with Gasteiger partial charge in [-0.15, -0.1) is 24.0 Å². The first-order chi connectivity index (χ1) is 11.0. The first kappa shape index (κ1) is 20.4. The molecule has 3 N–H and O–H groups in total. The van der Waals surface area contributed by atoms with E-state index in [4.69, 9.17) is 5.73 Å². The van der Waals surface area contributed by atoms with Gasteiger partial charge in [-0.3, -0.25) is 9.98 Å². The first-order valence-corrected chi connectivity index (χ1v) is 7.98. The lowest BCUT2D eigenvalue weighted by Gasteiger charge is -2.23. The number of hydrogen-bond donors (Lipinski definition) is 2. The number of aliphatic imine (C=N–C) groups is 1. The zero-order valence-electron chi connectivity index (χ0n) is 14.6. The molecule has 130 valence electrons. The van der Waals surface area contributed by atoms with Gasteiger partial charge in [-0.05, 0) is 24.6 Å². The summed E-state index contributed by atoms with van der Waals surface area (Å²) in [5, 5.41) is 3.15. The number of rotatable bonds is 6. The second-order valence-corrected chi connectivity index (χ2v) is 6.45. The van der Waals surface area contributed by atoms with Crippen molar-refractivity contribution in [3.63, 3.8) is 0 Å². The van der Waals surface area contributed by atoms with Gasteiger partial charge >= 0.3 is 0 Å². The number of halogens is 1. The van der Waals surface area contributed by atoms with Crippen LogP contribution in [-0.2, 0) is 11.8 Å². The minimum atomic E-state index is -0.0407. The van der Waals surface area contributed by atoms with Gasteiger partial charge in [0, 0.05) is 30.3 Å². The van der Waals surface area contributed by atoms with Crippen molar-refractivity contribution >= 4 is 29.9 Å². The highest BCUT2D eigenvalue weighted by molar-refractivity contribution is 14.0. The number of aromatic nitrogens is 1. The highest BCUT2D eigenvalue weighted by Crippen LogP contribution is 2.23. The molecule has 0 bridgehead atoms. The van der Waals surface area contributed by atoms with Gasteiger partial charge in [0.1, 0.15) is 0 Å². The van der Waals surface area contributed by atoms with Crippen LogP contribution in [0.5, 0.6) is 0 Å². The van der Waals surface area contributed by atoms with E-state index in [1.807, 2.05) is 18.2 Å². The summed E-state index contributed by atoms with van der Waals surface area (Å²) in [7, 11) is 0. The zero-order valence-corrected chi connectivity index (χ0v) is 17.0. The molecule has 0 amide bonds. The minimum absolute atomic E-state index is 0. The maximum absolute atomic E-state index is 5.97. The number of benzene rings is 1. The van der Waals surface area contributed by atoms with Crippen LogP contribution in [0.1, 0.15) is 30.7 Å². The molecule has 0 spiro atoms. The molecule has 5 heteroatoms. The average Bonchev–Trinajstić information content (AvgIpc) is 2.54. The van der Waals surface area contributed by atoms with Gasteiger partial charge in [0.05, 0.1) is 6.54 Å². The number of nitrogens with zero attached hydrogens (tertiary/aromatic N) is 2. The van der Waals surface area contributed by atoms with Crippen LogP contribution < -0.4 is 11.1 Å². The highest BCUT2D eigenvalue weighted by atomic mass is 127. The van der Waals surface area contributed by atoms with Gasteiger partial charge in [0.2, 0.25) is 0 Å². The number of pyridine rings is 1. The van der Waals surface area contributed by atoms with Crippen LogP contribution in [0.15, 0.2) is 53.7 Å². The summed E-state index contributed by atoms with van der Waals surface area (Å²) in [4.78, 5) is 8.78. The Hall–Kier alpha value is -1.63. The topological polar surface area (TPSA) is 63.3 Å². The van der Waals surface area contributed by atoms with Crippen molar-refractivity contribution in [3.05, 3.63) is 65.5 Å². The standard InChI is InChI=1S/C19H26N4.HI/c1-15-7-9-16(10-8-15)19(2,3)14-23-18(20)22-13-11-17-6-4-5-12-21-17;/h4-10,12H,11,13-14H2,1-3H3,(H3,20,22,23);1H. The van der Waals surface area contributed by atoms with E-state index in [9.17, 15) is 0 Å². The van der Waals surface area contributed by atoms with Crippen molar-refractivity contribution in [3.8, 4) is 0 Å². The Morgan fingerprint density at radius 3 is 2.50 bits per heavy atom. The summed E-state index contributed by atoms with van der Waals surface area (Å²) in [6.45, 7) is 7.85. The molecule has 0 saturated heterocycles. The van der Waals surface area contributed by atoms with Crippen LogP contribution in [0, 0.1) is 6.92 Å². The molecule has 2 aromatic rings. The molecule has 1 aromatic carbocycles. The Morgan fingerprint density at radius 1 is 1.17 bits per heavy atom. The number of nitrogens with one attached hydrogen (secondary N) is 1. The molecule has 24 heavy (non-hydrogen) atoms. The lowest BCUT2D eigenvalue weighted by Crippen LogP contribution is -2.35. The van der Waals surface area contributed by atoms with Crippen molar-refractivity contribution < 1.29 is 0 Å². The zero-order chi connectivity index (χ0) is 16.7. The van der Waals surface area contributed by atoms with Gasteiger partial charge in [-0.1, -0.05) is 49.7 Å². The maximum Gasteiger partial charge on any atom is 0.188 e. The molecule has 0 aliphatic heterocycles. The van der Waals surface area contributed by atoms with Gasteiger partial charge < -0.3 is 11.1 Å². The molecule has 0 radical (unpaired) electrons. The first-order valence-electron chi connectivity index (χ1n) is 7.98. The van der Waals surface area contributed by atoms with Crippen LogP contribution in [0.2, 0.25) is 0 Å². The van der Waals surface area contributed by atoms with Crippen molar-refractivity contribution in [2.45, 2.75) is 32.6 Å². The monoisotopic (exact) mass is 438 g/mol. The van der Waals surface area contributed by atoms with E-state index in [-0.39, 0.29) is 29.4 Å². The van der Waals surface area contributed by atoms with Crippen molar-refractivity contribution in [2.75, 3.05) is 13.1 Å². The molecule has 0 fully saturated rings. The molecule has 0 aliphatic rings. The second-order valence-electron chi connectivity index (χ2n) is 6.45. The van der Waals surface area contributed by atoms with Crippen LogP contribution in [0.4, 0.5) is 0 Å². The fourth-order valence-electron chi connectivity index (χ4n) is 2.30. The number of aryl methyl sites for hydroxylation is 1. The fourth-order valence-corrected chi connectivity index (χ4v) is 2.30. The summed E-state index contributed by atoms with van der Waals surface area (Å²) >= 11 is 0. The molecule has 0 atom stereocenters. The summed E-state index contributed by atoms with van der Waals surface area (Å²) in [6.07, 6.45) is 2.63. The van der Waals surface area contributed by atoms with Crippen molar-refractivity contribution in [1.82, 2.24) is 10.3 Å². The summed E-state index contributed by atoms with van der Waals surface area (Å²) in [5.41, 5.74) is 9.51. The van der Waals surface area contributed by atoms with Gasteiger partial charge in [-0.2, -0.15) is 0 Å². The molecule has 1 aromatic heterocycles. The molecule has 2 rings (SSSR count). The van der Waals surface area contributed by atoms with Crippen molar-refractivity contribution in [1.29, 1.82) is 0 Å². The third-order valence-corrected chi connectivity index (χ3v) is 3.89. The van der Waals surface area contributed by atoms with Gasteiger partial charge in [0.25, 0.3) is 0 Å². The van der Waals surface area contributed by atoms with E-state index in [2.05, 4.69) is 60.3 Å². The molecular weight excluding hydrogens is 411 g/mol. The average molecular weight is 438 g/mol. The Bertz CT molecular complexity index is 636. The molecule has 1 heterocycles. The van der Waals surface area contributed by atoms with E-state index in [1.165, 1.54) is 11.1 Å². The molecule has 4 nitrogen and oxygen atoms in total. The predicted octanol–water partition coefficient (Wildman–Crippen LogP) is 3.43. The molecule has 0 saturated carbocycles. The number of guanidine groups is 1. The SMILES string of the molecule is Cc1ccc(C(C)(C)CN=C(N)NCCc2ccccn2)cc1.I. The van der Waals surface area contributed by atoms with Crippen molar-refractivity contribution in [2.24, 2.45) is 10.7 Å². The third-order valence-electron chi connectivity index (χ3n) is 3.89.